The predicted molar refractivity (Wildman–Crippen MR) is 195 cm³/mol. The van der Waals surface area contributed by atoms with Crippen molar-refractivity contribution >= 4 is 94.6 Å². The molecular formula is C42H26N2OSe. The number of para-hydroxylation sites is 3. The summed E-state index contributed by atoms with van der Waals surface area (Å²) in [5.41, 5.74) is 8.64. The van der Waals surface area contributed by atoms with Gasteiger partial charge in [0.05, 0.1) is 0 Å². The van der Waals surface area contributed by atoms with Crippen LogP contribution in [0.3, 0.4) is 0 Å². The summed E-state index contributed by atoms with van der Waals surface area (Å²) in [6.45, 7) is 0. The molecule has 0 atom stereocenters. The van der Waals surface area contributed by atoms with E-state index in [4.69, 9.17) is 4.42 Å². The van der Waals surface area contributed by atoms with Gasteiger partial charge in [0.2, 0.25) is 0 Å². The summed E-state index contributed by atoms with van der Waals surface area (Å²) in [4.78, 5) is 2.42. The second-order valence-corrected chi connectivity index (χ2v) is 14.0. The molecule has 0 aliphatic rings. The van der Waals surface area contributed by atoms with Gasteiger partial charge < -0.3 is 0 Å². The maximum atomic E-state index is 6.39. The van der Waals surface area contributed by atoms with Gasteiger partial charge in [-0.1, -0.05) is 6.07 Å². The van der Waals surface area contributed by atoms with Crippen LogP contribution in [0.5, 0.6) is 0 Å². The molecule has 0 unspecified atom stereocenters. The van der Waals surface area contributed by atoms with Gasteiger partial charge in [0, 0.05) is 0 Å². The van der Waals surface area contributed by atoms with Crippen molar-refractivity contribution in [1.29, 1.82) is 0 Å². The van der Waals surface area contributed by atoms with E-state index >= 15 is 0 Å². The number of furan rings is 1. The Hall–Kier alpha value is -5.54. The van der Waals surface area contributed by atoms with Crippen LogP contribution in [0.25, 0.3) is 68.7 Å². The molecule has 10 rings (SSSR count). The quantitative estimate of drug-likeness (QED) is 0.176. The van der Waals surface area contributed by atoms with Crippen molar-refractivity contribution in [1.82, 2.24) is 4.57 Å². The Bertz CT molecular complexity index is 2770. The third kappa shape index (κ3) is 3.78. The molecule has 0 N–H and O–H groups in total. The van der Waals surface area contributed by atoms with E-state index in [1.165, 1.54) is 41.1 Å². The van der Waals surface area contributed by atoms with Crippen LogP contribution in [0.1, 0.15) is 0 Å². The molecule has 7 aromatic carbocycles. The molecule has 10 aromatic rings. The first-order chi connectivity index (χ1) is 22.8. The van der Waals surface area contributed by atoms with E-state index in [-0.39, 0.29) is 0 Å². The third-order valence-electron chi connectivity index (χ3n) is 9.17. The summed E-state index contributed by atoms with van der Waals surface area (Å²) < 4.78 is 11.7. The fourth-order valence-electron chi connectivity index (χ4n) is 7.18. The Labute approximate surface area is 270 Å². The zero-order valence-electron chi connectivity index (χ0n) is 24.7. The number of rotatable bonds is 4. The number of hydrogen-bond donors (Lipinski definition) is 0. The summed E-state index contributed by atoms with van der Waals surface area (Å²) >= 11 is 0.311. The number of benzene rings is 7. The van der Waals surface area contributed by atoms with E-state index in [0.717, 1.165) is 44.7 Å². The van der Waals surface area contributed by atoms with Gasteiger partial charge in [0.25, 0.3) is 0 Å². The van der Waals surface area contributed by atoms with Crippen LogP contribution >= 0.6 is 0 Å². The second kappa shape index (κ2) is 9.98. The van der Waals surface area contributed by atoms with E-state index in [1.807, 2.05) is 6.07 Å². The molecule has 0 bridgehead atoms. The van der Waals surface area contributed by atoms with Gasteiger partial charge >= 0.3 is 266 Å². The number of hydrogen-bond acceptors (Lipinski definition) is 2. The summed E-state index contributed by atoms with van der Waals surface area (Å²) in [5.74, 6) is 0. The van der Waals surface area contributed by atoms with Crippen LogP contribution in [0, 0.1) is 0 Å². The Morgan fingerprint density at radius 2 is 1.13 bits per heavy atom. The second-order valence-electron chi connectivity index (χ2n) is 11.8. The van der Waals surface area contributed by atoms with Crippen LogP contribution in [-0.2, 0) is 0 Å². The van der Waals surface area contributed by atoms with E-state index in [1.54, 1.807) is 0 Å². The van der Waals surface area contributed by atoms with Gasteiger partial charge in [-0.3, -0.25) is 0 Å². The standard InChI is InChI=1S/C42H26N2OSe/c1-2-11-27(12-3-1)44-35-16-7-4-13-30(35)31-23-21-29(26-37(31)44)43(28-22-24-41-34(25-28)32-14-6-9-20-40(32)46-41)36-17-10-19-39-42(36)33-15-5-8-18-38(33)45-39/h1-26H. The predicted octanol–water partition coefficient (Wildman–Crippen LogP) is 11.5. The summed E-state index contributed by atoms with van der Waals surface area (Å²) in [5, 5.41) is 7.41. The molecule has 46 heavy (non-hydrogen) atoms. The summed E-state index contributed by atoms with van der Waals surface area (Å²) in [6.07, 6.45) is 0. The van der Waals surface area contributed by atoms with Crippen molar-refractivity contribution < 1.29 is 4.42 Å². The molecule has 0 fully saturated rings. The SMILES string of the molecule is c1ccc(-n2c3ccccc3c3ccc(N(c4ccc5[se]c6ccccc6c5c4)c4cccc5oc6ccccc6c45)cc32)cc1. The van der Waals surface area contributed by atoms with E-state index < -0.39 is 0 Å². The monoisotopic (exact) mass is 654 g/mol. The van der Waals surface area contributed by atoms with Gasteiger partial charge in [-0.25, -0.2) is 0 Å². The number of anilines is 3. The molecule has 3 nitrogen and oxygen atoms in total. The fourth-order valence-corrected chi connectivity index (χ4v) is 9.46. The molecule has 0 saturated heterocycles. The molecule has 0 radical (unpaired) electrons. The van der Waals surface area contributed by atoms with E-state index in [9.17, 15) is 0 Å². The Balaban J connectivity index is 1.30. The van der Waals surface area contributed by atoms with Crippen LogP contribution in [0.15, 0.2) is 162 Å². The Morgan fingerprint density at radius 3 is 2.04 bits per heavy atom. The molecule has 216 valence electrons. The van der Waals surface area contributed by atoms with Gasteiger partial charge in [-0.05, 0) is 0 Å². The Kier molecular flexibility index (Phi) is 5.59. The minimum absolute atomic E-state index is 0.311. The third-order valence-corrected chi connectivity index (χ3v) is 11.6. The molecule has 3 aromatic heterocycles. The average molecular weight is 654 g/mol. The first kappa shape index (κ1) is 25.8. The van der Waals surface area contributed by atoms with E-state index in [0.29, 0.717) is 14.5 Å². The molecule has 0 aliphatic heterocycles. The number of aromatic nitrogens is 1. The van der Waals surface area contributed by atoms with Gasteiger partial charge in [-0.2, -0.15) is 0 Å². The van der Waals surface area contributed by atoms with Crippen LogP contribution < -0.4 is 4.90 Å². The summed E-state index contributed by atoms with van der Waals surface area (Å²) in [6, 6.07) is 57.0. The van der Waals surface area contributed by atoms with Gasteiger partial charge in [0.15, 0.2) is 0 Å². The maximum absolute atomic E-state index is 6.39. The fraction of sp³-hybridized carbons (Fsp3) is 0. The van der Waals surface area contributed by atoms with Crippen molar-refractivity contribution in [3.05, 3.63) is 158 Å². The normalized spacial score (nSPS) is 11.9. The van der Waals surface area contributed by atoms with E-state index in [2.05, 4.69) is 161 Å². The summed E-state index contributed by atoms with van der Waals surface area (Å²) in [7, 11) is 0. The van der Waals surface area contributed by atoms with Crippen molar-refractivity contribution in [2.45, 2.75) is 0 Å². The van der Waals surface area contributed by atoms with Crippen molar-refractivity contribution in [2.24, 2.45) is 0 Å². The number of fused-ring (bicyclic) bond motifs is 9. The van der Waals surface area contributed by atoms with Crippen molar-refractivity contribution in [3.8, 4) is 5.69 Å². The van der Waals surface area contributed by atoms with Gasteiger partial charge in [-0.15, -0.1) is 0 Å². The van der Waals surface area contributed by atoms with Crippen molar-refractivity contribution in [3.63, 3.8) is 0 Å². The first-order valence-corrected chi connectivity index (χ1v) is 17.2. The van der Waals surface area contributed by atoms with Crippen LogP contribution in [0.2, 0.25) is 0 Å². The van der Waals surface area contributed by atoms with Gasteiger partial charge in [0.1, 0.15) is 0 Å². The molecule has 4 heteroatoms. The topological polar surface area (TPSA) is 21.3 Å². The number of nitrogens with zero attached hydrogens (tertiary/aromatic N) is 2. The molecule has 0 aliphatic carbocycles. The van der Waals surface area contributed by atoms with Crippen LogP contribution in [-0.4, -0.2) is 19.1 Å². The molecule has 3 heterocycles. The molecule has 0 saturated carbocycles. The zero-order valence-corrected chi connectivity index (χ0v) is 26.4. The Morgan fingerprint density at radius 1 is 0.457 bits per heavy atom. The molecule has 0 spiro atoms. The molecule has 0 amide bonds. The first-order valence-electron chi connectivity index (χ1n) is 15.5. The zero-order chi connectivity index (χ0) is 30.2. The molecular weight excluding hydrogens is 627 g/mol. The minimum atomic E-state index is 0.311. The average Bonchev–Trinajstić information content (AvgIpc) is 3.78. The van der Waals surface area contributed by atoms with Crippen molar-refractivity contribution in [2.75, 3.05) is 4.90 Å². The van der Waals surface area contributed by atoms with Crippen LogP contribution in [0.4, 0.5) is 17.1 Å².